The van der Waals surface area contributed by atoms with Crippen molar-refractivity contribution in [3.05, 3.63) is 106 Å². The first-order chi connectivity index (χ1) is 14.0. The Morgan fingerprint density at radius 3 is 2.52 bits per heavy atom. The summed E-state index contributed by atoms with van der Waals surface area (Å²) in [5, 5.41) is 4.97. The molecular formula is C23H17ClFN3O. The van der Waals surface area contributed by atoms with Crippen molar-refractivity contribution in [3.8, 4) is 0 Å². The number of hydrogen-bond donors (Lipinski definition) is 1. The summed E-state index contributed by atoms with van der Waals surface area (Å²) in [4.78, 5) is 13.1. The summed E-state index contributed by atoms with van der Waals surface area (Å²) >= 11 is 5.90. The molecule has 2 heterocycles. The van der Waals surface area contributed by atoms with Gasteiger partial charge in [0, 0.05) is 22.3 Å². The zero-order chi connectivity index (χ0) is 20.4. The van der Waals surface area contributed by atoms with Crippen LogP contribution >= 0.6 is 11.6 Å². The lowest BCUT2D eigenvalue weighted by molar-refractivity contribution is 0.103. The number of carbonyl (C=O) groups excluding carboxylic acids is 1. The Kier molecular flexibility index (Phi) is 5.14. The maximum Gasteiger partial charge on any atom is 0.210 e. The van der Waals surface area contributed by atoms with Gasteiger partial charge in [0.15, 0.2) is 0 Å². The van der Waals surface area contributed by atoms with Gasteiger partial charge in [-0.25, -0.2) is 4.39 Å². The minimum Gasteiger partial charge on any atom is -0.313 e. The summed E-state index contributed by atoms with van der Waals surface area (Å²) in [5.74, 6) is -0.548. The zero-order valence-corrected chi connectivity index (χ0v) is 16.3. The molecule has 0 bridgehead atoms. The second kappa shape index (κ2) is 7.89. The molecule has 0 amide bonds. The highest BCUT2D eigenvalue weighted by Crippen LogP contribution is 2.24. The molecule has 0 spiro atoms. The van der Waals surface area contributed by atoms with Crippen LogP contribution in [0.5, 0.6) is 0 Å². The summed E-state index contributed by atoms with van der Waals surface area (Å²) in [6, 6.07) is 18.5. The van der Waals surface area contributed by atoms with E-state index >= 15 is 0 Å². The van der Waals surface area contributed by atoms with Crippen molar-refractivity contribution in [1.82, 2.24) is 4.40 Å². The van der Waals surface area contributed by atoms with E-state index in [1.807, 2.05) is 47.9 Å². The topological polar surface area (TPSA) is 45.9 Å². The lowest BCUT2D eigenvalue weighted by Gasteiger charge is -2.04. The fourth-order valence-corrected chi connectivity index (χ4v) is 3.36. The standard InChI is InChI=1S/C23H17ClFN3O/c1-15-20(14-26-27-19-11-7-17(24)8-12-19)21-4-2-3-13-28(21)22(15)23(29)16-5-9-18(25)10-6-16/h2-14,27H,1H3/b26-14+. The molecule has 0 aliphatic rings. The predicted molar refractivity (Wildman–Crippen MR) is 115 cm³/mol. The van der Waals surface area contributed by atoms with Gasteiger partial charge in [-0.05, 0) is 73.2 Å². The van der Waals surface area contributed by atoms with Gasteiger partial charge in [-0.3, -0.25) is 10.2 Å². The van der Waals surface area contributed by atoms with E-state index in [0.717, 1.165) is 22.3 Å². The minimum absolute atomic E-state index is 0.172. The molecule has 0 atom stereocenters. The third-order valence-electron chi connectivity index (χ3n) is 4.69. The van der Waals surface area contributed by atoms with E-state index in [4.69, 9.17) is 11.6 Å². The van der Waals surface area contributed by atoms with Crippen molar-refractivity contribution in [2.45, 2.75) is 6.92 Å². The quantitative estimate of drug-likeness (QED) is 0.262. The van der Waals surface area contributed by atoms with Crippen LogP contribution < -0.4 is 5.43 Å². The molecule has 6 heteroatoms. The fraction of sp³-hybridized carbons (Fsp3) is 0.0435. The number of fused-ring (bicyclic) bond motifs is 1. The summed E-state index contributed by atoms with van der Waals surface area (Å²) < 4.78 is 15.1. The van der Waals surface area contributed by atoms with Crippen LogP contribution in [0.15, 0.2) is 78.0 Å². The van der Waals surface area contributed by atoms with Crippen LogP contribution in [0.1, 0.15) is 27.2 Å². The Morgan fingerprint density at radius 1 is 1.07 bits per heavy atom. The van der Waals surface area contributed by atoms with Crippen molar-refractivity contribution < 1.29 is 9.18 Å². The summed E-state index contributed by atoms with van der Waals surface area (Å²) in [6.07, 6.45) is 3.53. The first-order valence-corrected chi connectivity index (χ1v) is 9.37. The predicted octanol–water partition coefficient (Wildman–Crippen LogP) is 5.72. The number of aromatic nitrogens is 1. The van der Waals surface area contributed by atoms with Gasteiger partial charge < -0.3 is 4.40 Å². The molecule has 4 nitrogen and oxygen atoms in total. The number of carbonyl (C=O) groups is 1. The average Bonchev–Trinajstić information content (AvgIpc) is 3.01. The number of nitrogens with zero attached hydrogens (tertiary/aromatic N) is 2. The van der Waals surface area contributed by atoms with Crippen LogP contribution in [0.4, 0.5) is 10.1 Å². The van der Waals surface area contributed by atoms with E-state index in [1.54, 1.807) is 18.3 Å². The van der Waals surface area contributed by atoms with Gasteiger partial charge in [-0.15, -0.1) is 0 Å². The van der Waals surface area contributed by atoms with Gasteiger partial charge >= 0.3 is 0 Å². The number of halogens is 2. The maximum atomic E-state index is 13.2. The maximum absolute atomic E-state index is 13.2. The molecule has 2 aromatic carbocycles. The van der Waals surface area contributed by atoms with E-state index in [0.29, 0.717) is 16.3 Å². The molecule has 0 saturated heterocycles. The summed E-state index contributed by atoms with van der Waals surface area (Å²) in [7, 11) is 0. The average molecular weight is 406 g/mol. The molecule has 4 rings (SSSR count). The Morgan fingerprint density at radius 2 is 1.79 bits per heavy atom. The van der Waals surface area contributed by atoms with Crippen LogP contribution in [-0.4, -0.2) is 16.4 Å². The van der Waals surface area contributed by atoms with Crippen LogP contribution in [0, 0.1) is 12.7 Å². The highest BCUT2D eigenvalue weighted by molar-refractivity contribution is 6.30. The smallest absolute Gasteiger partial charge is 0.210 e. The molecule has 0 radical (unpaired) electrons. The third-order valence-corrected chi connectivity index (χ3v) is 4.94. The molecule has 1 N–H and O–H groups in total. The van der Waals surface area contributed by atoms with Crippen molar-refractivity contribution >= 4 is 34.8 Å². The number of rotatable bonds is 5. The number of benzene rings is 2. The van der Waals surface area contributed by atoms with Gasteiger partial charge in [0.2, 0.25) is 5.78 Å². The van der Waals surface area contributed by atoms with Gasteiger partial charge in [-0.1, -0.05) is 17.7 Å². The van der Waals surface area contributed by atoms with Crippen LogP contribution in [0.25, 0.3) is 5.52 Å². The Hall–Kier alpha value is -3.44. The zero-order valence-electron chi connectivity index (χ0n) is 15.6. The van der Waals surface area contributed by atoms with Crippen molar-refractivity contribution in [2.75, 3.05) is 5.43 Å². The van der Waals surface area contributed by atoms with E-state index < -0.39 is 0 Å². The molecule has 0 aliphatic carbocycles. The normalized spacial score (nSPS) is 11.3. The van der Waals surface area contributed by atoms with E-state index in [2.05, 4.69) is 10.5 Å². The van der Waals surface area contributed by atoms with Crippen molar-refractivity contribution in [3.63, 3.8) is 0 Å². The number of ketones is 1. The van der Waals surface area contributed by atoms with Gasteiger partial charge in [0.25, 0.3) is 0 Å². The van der Waals surface area contributed by atoms with E-state index in [-0.39, 0.29) is 11.6 Å². The largest absolute Gasteiger partial charge is 0.313 e. The third kappa shape index (κ3) is 3.77. The molecule has 4 aromatic rings. The first kappa shape index (κ1) is 18.9. The molecular weight excluding hydrogens is 389 g/mol. The Balaban J connectivity index is 1.72. The second-order valence-corrected chi connectivity index (χ2v) is 6.99. The highest BCUT2D eigenvalue weighted by atomic mass is 35.5. The van der Waals surface area contributed by atoms with Gasteiger partial charge in [0.05, 0.1) is 23.1 Å². The lowest BCUT2D eigenvalue weighted by atomic mass is 10.0. The highest BCUT2D eigenvalue weighted by Gasteiger charge is 2.20. The summed E-state index contributed by atoms with van der Waals surface area (Å²) in [5.41, 5.74) is 7.21. The Labute approximate surface area is 172 Å². The van der Waals surface area contributed by atoms with Gasteiger partial charge in [-0.2, -0.15) is 5.10 Å². The molecule has 0 aliphatic heterocycles. The SMILES string of the molecule is Cc1c(/C=N/Nc2ccc(Cl)cc2)c2ccccn2c1C(=O)c1ccc(F)cc1. The fourth-order valence-electron chi connectivity index (χ4n) is 3.23. The van der Waals surface area contributed by atoms with Gasteiger partial charge in [0.1, 0.15) is 5.82 Å². The Bertz CT molecular complexity index is 1210. The number of hydrogen-bond acceptors (Lipinski definition) is 3. The van der Waals surface area contributed by atoms with Crippen LogP contribution in [-0.2, 0) is 0 Å². The molecule has 2 aromatic heterocycles. The summed E-state index contributed by atoms with van der Waals surface area (Å²) in [6.45, 7) is 1.88. The number of hydrazone groups is 1. The minimum atomic E-state index is -0.376. The molecule has 0 saturated carbocycles. The van der Waals surface area contributed by atoms with E-state index in [9.17, 15) is 9.18 Å². The number of pyridine rings is 1. The molecule has 29 heavy (non-hydrogen) atoms. The second-order valence-electron chi connectivity index (χ2n) is 6.56. The van der Waals surface area contributed by atoms with Crippen molar-refractivity contribution in [1.29, 1.82) is 0 Å². The van der Waals surface area contributed by atoms with Crippen LogP contribution in [0.2, 0.25) is 5.02 Å². The monoisotopic (exact) mass is 405 g/mol. The first-order valence-electron chi connectivity index (χ1n) is 8.99. The van der Waals surface area contributed by atoms with Crippen molar-refractivity contribution in [2.24, 2.45) is 5.10 Å². The molecule has 144 valence electrons. The lowest BCUT2D eigenvalue weighted by Crippen LogP contribution is -2.07. The van der Waals surface area contributed by atoms with Crippen LogP contribution in [0.3, 0.4) is 0 Å². The molecule has 0 fully saturated rings. The number of nitrogens with one attached hydrogen (secondary N) is 1. The number of anilines is 1. The molecule has 0 unspecified atom stereocenters. The van der Waals surface area contributed by atoms with E-state index in [1.165, 1.54) is 24.3 Å².